The molecule has 1 aliphatic rings. The van der Waals surface area contributed by atoms with Crippen molar-refractivity contribution < 1.29 is 5.11 Å². The third kappa shape index (κ3) is 4.72. The summed E-state index contributed by atoms with van der Waals surface area (Å²) in [5.41, 5.74) is 5.34. The Morgan fingerprint density at radius 2 is 1.91 bits per heavy atom. The van der Waals surface area contributed by atoms with Crippen LogP contribution in [0.5, 0.6) is 5.75 Å². The Labute approximate surface area is 140 Å². The van der Waals surface area contributed by atoms with Gasteiger partial charge in [-0.05, 0) is 50.2 Å². The van der Waals surface area contributed by atoms with Gasteiger partial charge in [-0.25, -0.2) is 0 Å². The monoisotopic (exact) mass is 308 g/mol. The minimum Gasteiger partial charge on any atom is -0.507 e. The Balaban J connectivity index is 2.09. The van der Waals surface area contributed by atoms with Gasteiger partial charge in [0.15, 0.2) is 0 Å². The summed E-state index contributed by atoms with van der Waals surface area (Å²) in [6, 6.07) is 7.37. The first-order valence-electron chi connectivity index (χ1n) is 8.41. The van der Waals surface area contributed by atoms with Gasteiger partial charge in [0.25, 0.3) is 0 Å². The van der Waals surface area contributed by atoms with E-state index in [4.69, 9.17) is 0 Å². The van der Waals surface area contributed by atoms with Crippen LogP contribution in [0.3, 0.4) is 0 Å². The van der Waals surface area contributed by atoms with E-state index < -0.39 is 0 Å². The lowest BCUT2D eigenvalue weighted by atomic mass is 9.72. The zero-order valence-corrected chi connectivity index (χ0v) is 14.8. The number of para-hydroxylation sites is 1. The van der Waals surface area contributed by atoms with Gasteiger partial charge in [-0.15, -0.1) is 0 Å². The standard InChI is InChI=1S/C22H28O/c1-17(9-7-12-19-11-5-6-13-21(19)23)14-15-20-18(2)10-8-16-22(20,3)4/h5-7,9,11-15,23H,8,10,16H2,1-4H3/b12-7+,15-14?,17-9-. The van der Waals surface area contributed by atoms with E-state index in [9.17, 15) is 5.11 Å². The van der Waals surface area contributed by atoms with Crippen LogP contribution in [-0.2, 0) is 0 Å². The Morgan fingerprint density at radius 3 is 2.61 bits per heavy atom. The van der Waals surface area contributed by atoms with E-state index >= 15 is 0 Å². The molecule has 0 fully saturated rings. The number of benzene rings is 1. The predicted octanol–water partition coefficient (Wildman–Crippen LogP) is 6.43. The minimum atomic E-state index is 0.283. The highest BCUT2D eigenvalue weighted by Crippen LogP contribution is 2.40. The van der Waals surface area contributed by atoms with Gasteiger partial charge in [0.2, 0.25) is 0 Å². The molecule has 0 saturated carbocycles. The molecule has 0 radical (unpaired) electrons. The molecular formula is C22H28O. The van der Waals surface area contributed by atoms with Crippen molar-refractivity contribution in [3.63, 3.8) is 0 Å². The molecule has 0 saturated heterocycles. The van der Waals surface area contributed by atoms with Crippen molar-refractivity contribution in [3.05, 3.63) is 70.9 Å². The lowest BCUT2D eigenvalue weighted by molar-refractivity contribution is 0.377. The van der Waals surface area contributed by atoms with Crippen LogP contribution in [0.2, 0.25) is 0 Å². The van der Waals surface area contributed by atoms with Gasteiger partial charge >= 0.3 is 0 Å². The molecular weight excluding hydrogens is 280 g/mol. The van der Waals surface area contributed by atoms with Crippen LogP contribution in [0.1, 0.15) is 52.5 Å². The van der Waals surface area contributed by atoms with E-state index in [0.717, 1.165) is 5.56 Å². The third-order valence-electron chi connectivity index (χ3n) is 4.63. The van der Waals surface area contributed by atoms with Gasteiger partial charge in [-0.1, -0.05) is 73.6 Å². The maximum atomic E-state index is 9.74. The van der Waals surface area contributed by atoms with Gasteiger partial charge in [0.1, 0.15) is 5.75 Å². The van der Waals surface area contributed by atoms with Gasteiger partial charge in [-0.2, -0.15) is 0 Å². The molecule has 0 atom stereocenters. The lowest BCUT2D eigenvalue weighted by Gasteiger charge is -2.32. The van der Waals surface area contributed by atoms with E-state index in [-0.39, 0.29) is 5.41 Å². The molecule has 0 aliphatic heterocycles. The van der Waals surface area contributed by atoms with Crippen LogP contribution >= 0.6 is 0 Å². The van der Waals surface area contributed by atoms with Crippen LogP contribution in [0, 0.1) is 5.41 Å². The first kappa shape index (κ1) is 17.3. The highest BCUT2D eigenvalue weighted by atomic mass is 16.3. The number of hydrogen-bond acceptors (Lipinski definition) is 1. The van der Waals surface area contributed by atoms with Crippen LogP contribution in [-0.4, -0.2) is 5.11 Å². The minimum absolute atomic E-state index is 0.283. The van der Waals surface area contributed by atoms with Crippen LogP contribution in [0.15, 0.2) is 65.3 Å². The molecule has 0 bridgehead atoms. The smallest absolute Gasteiger partial charge is 0.122 e. The normalized spacial score (nSPS) is 19.0. The Hall–Kier alpha value is -2.02. The van der Waals surface area contributed by atoms with Crippen LogP contribution in [0.4, 0.5) is 0 Å². The molecule has 0 unspecified atom stereocenters. The lowest BCUT2D eigenvalue weighted by Crippen LogP contribution is -2.19. The first-order chi connectivity index (χ1) is 10.9. The van der Waals surface area contributed by atoms with E-state index in [1.807, 2.05) is 30.4 Å². The number of allylic oxidation sites excluding steroid dienone is 7. The zero-order chi connectivity index (χ0) is 16.9. The van der Waals surface area contributed by atoms with Gasteiger partial charge in [-0.3, -0.25) is 0 Å². The fraction of sp³-hybridized carbons (Fsp3) is 0.364. The number of phenols is 1. The van der Waals surface area contributed by atoms with E-state index in [1.54, 1.807) is 6.07 Å². The average Bonchev–Trinajstić information content (AvgIpc) is 2.48. The predicted molar refractivity (Wildman–Crippen MR) is 100 cm³/mol. The molecule has 0 spiro atoms. The van der Waals surface area contributed by atoms with Gasteiger partial charge in [0, 0.05) is 5.56 Å². The molecule has 0 aromatic heterocycles. The Morgan fingerprint density at radius 1 is 1.17 bits per heavy atom. The molecule has 122 valence electrons. The maximum absolute atomic E-state index is 9.74. The fourth-order valence-corrected chi connectivity index (χ4v) is 3.21. The Kier molecular flexibility index (Phi) is 5.65. The number of hydrogen-bond donors (Lipinski definition) is 1. The molecule has 0 heterocycles. The summed E-state index contributed by atoms with van der Waals surface area (Å²) in [4.78, 5) is 0. The van der Waals surface area contributed by atoms with E-state index in [1.165, 1.54) is 36.0 Å². The van der Waals surface area contributed by atoms with Crippen molar-refractivity contribution in [2.75, 3.05) is 0 Å². The van der Waals surface area contributed by atoms with Crippen molar-refractivity contribution in [1.29, 1.82) is 0 Å². The molecule has 1 nitrogen and oxygen atoms in total. The summed E-state index contributed by atoms with van der Waals surface area (Å²) in [6.07, 6.45) is 14.3. The summed E-state index contributed by atoms with van der Waals surface area (Å²) >= 11 is 0. The largest absolute Gasteiger partial charge is 0.507 e. The molecule has 23 heavy (non-hydrogen) atoms. The second kappa shape index (κ2) is 7.50. The number of phenolic OH excluding ortho intramolecular Hbond substituents is 1. The molecule has 1 N–H and O–H groups in total. The van der Waals surface area contributed by atoms with Crippen molar-refractivity contribution in [2.45, 2.75) is 47.0 Å². The Bertz CT molecular complexity index is 669. The summed E-state index contributed by atoms with van der Waals surface area (Å²) in [7, 11) is 0. The van der Waals surface area contributed by atoms with Crippen LogP contribution in [0.25, 0.3) is 6.08 Å². The molecule has 1 aromatic carbocycles. The second-order valence-corrected chi connectivity index (χ2v) is 7.09. The first-order valence-corrected chi connectivity index (χ1v) is 8.41. The van der Waals surface area contributed by atoms with Crippen molar-refractivity contribution in [1.82, 2.24) is 0 Å². The fourth-order valence-electron chi connectivity index (χ4n) is 3.21. The second-order valence-electron chi connectivity index (χ2n) is 7.09. The van der Waals surface area contributed by atoms with E-state index in [0.29, 0.717) is 5.75 Å². The summed E-state index contributed by atoms with van der Waals surface area (Å²) in [5, 5.41) is 9.74. The van der Waals surface area contributed by atoms with E-state index in [2.05, 4.69) is 45.9 Å². The number of aromatic hydroxyl groups is 1. The average molecular weight is 308 g/mol. The summed E-state index contributed by atoms with van der Waals surface area (Å²) in [6.45, 7) is 9.05. The van der Waals surface area contributed by atoms with Gasteiger partial charge < -0.3 is 5.11 Å². The summed E-state index contributed by atoms with van der Waals surface area (Å²) in [5.74, 6) is 0.315. The van der Waals surface area contributed by atoms with Crippen molar-refractivity contribution in [3.8, 4) is 5.75 Å². The highest BCUT2D eigenvalue weighted by Gasteiger charge is 2.26. The quantitative estimate of drug-likeness (QED) is 0.635. The third-order valence-corrected chi connectivity index (χ3v) is 4.63. The molecule has 1 aliphatic carbocycles. The maximum Gasteiger partial charge on any atom is 0.122 e. The van der Waals surface area contributed by atoms with Gasteiger partial charge in [0.05, 0.1) is 0 Å². The molecule has 1 aromatic rings. The zero-order valence-electron chi connectivity index (χ0n) is 14.8. The summed E-state index contributed by atoms with van der Waals surface area (Å²) < 4.78 is 0. The number of rotatable bonds is 4. The van der Waals surface area contributed by atoms with Crippen LogP contribution < -0.4 is 0 Å². The van der Waals surface area contributed by atoms with Crippen molar-refractivity contribution >= 4 is 6.08 Å². The molecule has 0 amide bonds. The topological polar surface area (TPSA) is 20.2 Å². The molecule has 1 heteroatoms. The molecule has 2 rings (SSSR count). The highest BCUT2D eigenvalue weighted by molar-refractivity contribution is 5.58. The van der Waals surface area contributed by atoms with Crippen molar-refractivity contribution in [2.24, 2.45) is 5.41 Å². The SMILES string of the molecule is CC1=C(C=C/C(C)=C\C=C\c2ccccc2O)C(C)(C)CCC1.